The Hall–Kier alpha value is 0.234. The summed E-state index contributed by atoms with van der Waals surface area (Å²) >= 11 is 0. The molecule has 0 aliphatic rings. The van der Waals surface area contributed by atoms with Gasteiger partial charge in [0.25, 0.3) is 0 Å². The summed E-state index contributed by atoms with van der Waals surface area (Å²) in [4.78, 5) is 2.52. The van der Waals surface area contributed by atoms with Crippen LogP contribution in [0.4, 0.5) is 0 Å². The number of hydrogen-bond acceptors (Lipinski definition) is 5. The van der Waals surface area contributed by atoms with E-state index in [2.05, 4.69) is 43.0 Å². The van der Waals surface area contributed by atoms with Gasteiger partial charge in [-0.2, -0.15) is 0 Å². The highest BCUT2D eigenvalue weighted by atomic mass is 28.4. The van der Waals surface area contributed by atoms with E-state index in [9.17, 15) is 0 Å². The minimum atomic E-state index is -2.48. The molecule has 5 nitrogen and oxygen atoms in total. The monoisotopic (exact) mass is 406 g/mol. The lowest BCUT2D eigenvalue weighted by atomic mass is 10.3. The fourth-order valence-electron chi connectivity index (χ4n) is 3.23. The van der Waals surface area contributed by atoms with Crippen LogP contribution in [0.1, 0.15) is 47.5 Å². The molecule has 0 heterocycles. The van der Waals surface area contributed by atoms with Crippen molar-refractivity contribution in [3.8, 4) is 0 Å². The molecule has 0 saturated carbocycles. The van der Waals surface area contributed by atoms with Gasteiger partial charge in [0.05, 0.1) is 0 Å². The number of likely N-dealkylation sites (N-methyl/N-ethyl adjacent to an activating group) is 1. The molecule has 0 aromatic rings. The summed E-state index contributed by atoms with van der Waals surface area (Å²) in [6.07, 6.45) is 2.29. The average Bonchev–Trinajstić information content (AvgIpc) is 2.57. The molecule has 0 bridgehead atoms. The molecule has 0 saturated heterocycles. The van der Waals surface area contributed by atoms with Gasteiger partial charge in [-0.05, 0) is 53.2 Å². The summed E-state index contributed by atoms with van der Waals surface area (Å²) < 4.78 is 20.7. The highest BCUT2D eigenvalue weighted by molar-refractivity contribution is 6.73. The van der Waals surface area contributed by atoms with E-state index in [1.165, 1.54) is 26.1 Å². The van der Waals surface area contributed by atoms with Crippen molar-refractivity contribution in [2.24, 2.45) is 0 Å². The second kappa shape index (κ2) is 14.3. The van der Waals surface area contributed by atoms with Gasteiger partial charge in [-0.1, -0.05) is 33.5 Å². The van der Waals surface area contributed by atoms with Crippen molar-refractivity contribution in [1.82, 2.24) is 9.47 Å². The topological polar surface area (TPSA) is 34.2 Å². The summed E-state index contributed by atoms with van der Waals surface area (Å²) in [5.41, 5.74) is 0. The Kier molecular flexibility index (Phi) is 14.4. The minimum absolute atomic E-state index is 0.664. The van der Waals surface area contributed by atoms with Crippen LogP contribution in [0.5, 0.6) is 0 Å². The summed E-state index contributed by atoms with van der Waals surface area (Å²) in [6, 6.07) is 0.929. The summed E-state index contributed by atoms with van der Waals surface area (Å²) in [5, 5.41) is 0. The Bertz CT molecular complexity index is 320. The van der Waals surface area contributed by atoms with E-state index in [-0.39, 0.29) is 0 Å². The van der Waals surface area contributed by atoms with Gasteiger partial charge in [-0.25, -0.2) is 0 Å². The molecule has 7 heteroatoms. The van der Waals surface area contributed by atoms with Crippen LogP contribution in [0.25, 0.3) is 0 Å². The van der Waals surface area contributed by atoms with Gasteiger partial charge in [-0.15, -0.1) is 0 Å². The van der Waals surface area contributed by atoms with Gasteiger partial charge < -0.3 is 22.7 Å². The van der Waals surface area contributed by atoms with E-state index in [0.717, 1.165) is 25.6 Å². The zero-order chi connectivity index (χ0) is 20.1. The molecule has 0 rings (SSSR count). The predicted molar refractivity (Wildman–Crippen MR) is 117 cm³/mol. The maximum atomic E-state index is 5.98. The fourth-order valence-corrected chi connectivity index (χ4v) is 7.52. The smallest absolute Gasteiger partial charge is 0.374 e. The zero-order valence-corrected chi connectivity index (χ0v) is 20.9. The summed E-state index contributed by atoms with van der Waals surface area (Å²) in [5.74, 6) is 0. The molecule has 0 amide bonds. The van der Waals surface area contributed by atoms with Crippen LogP contribution >= 0.6 is 0 Å². The number of unbranched alkanes of at least 4 members (excludes halogenated alkanes) is 1. The quantitative estimate of drug-likeness (QED) is 0.266. The third kappa shape index (κ3) is 10.5. The molecule has 0 unspecified atom stereocenters. The van der Waals surface area contributed by atoms with E-state index < -0.39 is 17.0 Å². The minimum Gasteiger partial charge on any atom is -0.374 e. The molecule has 0 atom stereocenters. The third-order valence-electron chi connectivity index (χ3n) is 4.78. The van der Waals surface area contributed by atoms with Gasteiger partial charge in [0.2, 0.25) is 0 Å². The van der Waals surface area contributed by atoms with Crippen LogP contribution in [0.15, 0.2) is 0 Å². The van der Waals surface area contributed by atoms with Crippen LogP contribution in [-0.4, -0.2) is 79.0 Å². The Balaban J connectivity index is 4.58. The molecule has 0 aliphatic carbocycles. The fraction of sp³-hybridized carbons (Fsp3) is 1.00. The first-order valence-electron chi connectivity index (χ1n) is 10.7. The molecule has 0 spiro atoms. The van der Waals surface area contributed by atoms with Crippen molar-refractivity contribution in [3.05, 3.63) is 0 Å². The maximum Gasteiger partial charge on any atom is 0.500 e. The van der Waals surface area contributed by atoms with Crippen LogP contribution < -0.4 is 0 Å². The van der Waals surface area contributed by atoms with Crippen LogP contribution in [0.2, 0.25) is 25.7 Å². The molecule has 0 aliphatic heterocycles. The van der Waals surface area contributed by atoms with Crippen molar-refractivity contribution in [3.63, 3.8) is 0 Å². The average molecular weight is 407 g/mol. The van der Waals surface area contributed by atoms with Gasteiger partial charge in [0.1, 0.15) is 8.24 Å². The molecule has 0 N–H and O–H groups in total. The van der Waals surface area contributed by atoms with E-state index in [1.807, 2.05) is 20.8 Å². The van der Waals surface area contributed by atoms with Crippen LogP contribution in [0, 0.1) is 0 Å². The molecule has 0 aromatic heterocycles. The normalized spacial score (nSPS) is 13.2. The van der Waals surface area contributed by atoms with E-state index in [1.54, 1.807) is 0 Å². The Morgan fingerprint density at radius 2 is 1.15 bits per heavy atom. The molecule has 0 fully saturated rings. The van der Waals surface area contributed by atoms with E-state index in [0.29, 0.717) is 19.8 Å². The standard InChI is InChI=1S/C19H46N2O3Si2/c1-9-20(10-2)17-18-21(25(6,7)8)16-14-15-19-26(22-11-3,23-12-4)24-13-5/h9-19H2,1-8H3. The molecule has 0 aromatic carbocycles. The third-order valence-corrected chi connectivity index (χ3v) is 10.3. The Labute approximate surface area is 165 Å². The first-order chi connectivity index (χ1) is 12.3. The lowest BCUT2D eigenvalue weighted by Crippen LogP contribution is -2.50. The molecular weight excluding hydrogens is 360 g/mol. The van der Waals surface area contributed by atoms with Crippen LogP contribution in [0.3, 0.4) is 0 Å². The van der Waals surface area contributed by atoms with Crippen molar-refractivity contribution < 1.29 is 13.3 Å². The molecule has 26 heavy (non-hydrogen) atoms. The second-order valence-electron chi connectivity index (χ2n) is 7.62. The van der Waals surface area contributed by atoms with Gasteiger partial charge >= 0.3 is 8.80 Å². The lowest BCUT2D eigenvalue weighted by Gasteiger charge is -2.36. The van der Waals surface area contributed by atoms with Crippen molar-refractivity contribution in [2.45, 2.75) is 73.1 Å². The Morgan fingerprint density at radius 3 is 1.54 bits per heavy atom. The van der Waals surface area contributed by atoms with Gasteiger partial charge in [0.15, 0.2) is 0 Å². The molecular formula is C19H46N2O3Si2. The number of nitrogens with zero attached hydrogens (tertiary/aromatic N) is 2. The van der Waals surface area contributed by atoms with Crippen LogP contribution in [-0.2, 0) is 13.3 Å². The molecule has 158 valence electrons. The Morgan fingerprint density at radius 1 is 0.654 bits per heavy atom. The second-order valence-corrected chi connectivity index (χ2v) is 15.3. The number of hydrogen-bond donors (Lipinski definition) is 0. The summed E-state index contributed by atoms with van der Waals surface area (Å²) in [6.45, 7) is 25.7. The maximum absolute atomic E-state index is 5.98. The first kappa shape index (κ1) is 26.2. The van der Waals surface area contributed by atoms with E-state index >= 15 is 0 Å². The lowest BCUT2D eigenvalue weighted by molar-refractivity contribution is 0.0706. The first-order valence-corrected chi connectivity index (χ1v) is 16.1. The van der Waals surface area contributed by atoms with Gasteiger partial charge in [-0.3, -0.25) is 0 Å². The zero-order valence-electron chi connectivity index (χ0n) is 18.9. The van der Waals surface area contributed by atoms with Crippen molar-refractivity contribution in [1.29, 1.82) is 0 Å². The van der Waals surface area contributed by atoms with Crippen molar-refractivity contribution >= 4 is 17.0 Å². The highest BCUT2D eigenvalue weighted by Gasteiger charge is 2.39. The highest BCUT2D eigenvalue weighted by Crippen LogP contribution is 2.20. The number of rotatable bonds is 17. The molecule has 0 radical (unpaired) electrons. The SMILES string of the molecule is CCO[Si](CCCCN(CCN(CC)CC)[Si](C)(C)C)(OCC)OCC. The van der Waals surface area contributed by atoms with Crippen molar-refractivity contribution in [2.75, 3.05) is 52.5 Å². The van der Waals surface area contributed by atoms with E-state index in [4.69, 9.17) is 13.3 Å². The predicted octanol–water partition coefficient (Wildman–Crippen LogP) is 4.29. The summed E-state index contributed by atoms with van der Waals surface area (Å²) in [7, 11) is -3.77. The van der Waals surface area contributed by atoms with Gasteiger partial charge in [0, 0.05) is 39.0 Å². The largest absolute Gasteiger partial charge is 0.500 e.